The molecule has 1 saturated heterocycles. The largest absolute Gasteiger partial charge is 0.459 e. The van der Waals surface area contributed by atoms with E-state index in [9.17, 15) is 45.6 Å². The molecule has 2 heterocycles. The van der Waals surface area contributed by atoms with Crippen LogP contribution in [0.4, 0.5) is 0 Å². The van der Waals surface area contributed by atoms with Gasteiger partial charge in [0.2, 0.25) is 12.1 Å². The van der Waals surface area contributed by atoms with Crippen LogP contribution in [0.3, 0.4) is 0 Å². The van der Waals surface area contributed by atoms with Crippen LogP contribution in [0.2, 0.25) is 0 Å². The number of hydrogen-bond donors (Lipinski definition) is 8. The number of benzene rings is 2. The van der Waals surface area contributed by atoms with Crippen molar-refractivity contribution in [2.24, 2.45) is 0 Å². The van der Waals surface area contributed by atoms with Crippen molar-refractivity contribution in [3.63, 3.8) is 0 Å². The van der Waals surface area contributed by atoms with Crippen molar-refractivity contribution in [1.29, 1.82) is 0 Å². The summed E-state index contributed by atoms with van der Waals surface area (Å²) in [6, 6.07) is 8.59. The van der Waals surface area contributed by atoms with Crippen molar-refractivity contribution < 1.29 is 64.2 Å². The van der Waals surface area contributed by atoms with E-state index < -0.39 is 74.3 Å². The molecule has 0 spiro atoms. The first-order valence-electron chi connectivity index (χ1n) is 12.0. The predicted octanol–water partition coefficient (Wildman–Crippen LogP) is -1.75. The molecule has 2 aromatic carbocycles. The van der Waals surface area contributed by atoms with E-state index in [1.807, 2.05) is 0 Å². The number of ether oxygens (including phenoxy) is 4. The fourth-order valence-corrected chi connectivity index (χ4v) is 4.12. The summed E-state index contributed by atoms with van der Waals surface area (Å²) in [5, 5.41) is 78.8. The second-order valence-electron chi connectivity index (χ2n) is 9.21. The average Bonchev–Trinajstić information content (AvgIpc) is 2.87. The zero-order valence-electron chi connectivity index (χ0n) is 20.7. The Morgan fingerprint density at radius 1 is 1.03 bits per heavy atom. The van der Waals surface area contributed by atoms with Crippen LogP contribution >= 0.6 is 0 Å². The molecule has 39 heavy (non-hydrogen) atoms. The van der Waals surface area contributed by atoms with Crippen LogP contribution in [-0.4, -0.2) is 103 Å². The van der Waals surface area contributed by atoms with Gasteiger partial charge in [0.05, 0.1) is 30.8 Å². The standard InChI is InChI=1S/C25H30O14/c1-11(28)19(9-26)38-23(21(30)31)35-12-2-4-14-15-5-3-13(7-18(15)37-22(32)16(14)6-12)36-24-25(33,34)8-17(29)20(10-27)39-24/h2-7,11,17,19-21,23-24,26-31,33-34H,8-10H2,1H3. The molecule has 14 heteroatoms. The van der Waals surface area contributed by atoms with E-state index in [0.717, 1.165) is 0 Å². The molecule has 3 aromatic rings. The minimum Gasteiger partial charge on any atom is -0.459 e. The van der Waals surface area contributed by atoms with E-state index in [1.54, 1.807) is 6.07 Å². The first kappa shape index (κ1) is 29.1. The molecule has 0 aliphatic carbocycles. The van der Waals surface area contributed by atoms with Crippen molar-refractivity contribution in [3.8, 4) is 11.5 Å². The molecule has 1 aliphatic heterocycles. The molecule has 8 N–H and O–H groups in total. The van der Waals surface area contributed by atoms with Crippen molar-refractivity contribution in [2.75, 3.05) is 13.2 Å². The van der Waals surface area contributed by atoms with E-state index in [0.29, 0.717) is 10.8 Å². The molecule has 0 radical (unpaired) electrons. The first-order chi connectivity index (χ1) is 18.4. The Morgan fingerprint density at radius 3 is 2.36 bits per heavy atom. The van der Waals surface area contributed by atoms with E-state index in [1.165, 1.54) is 37.3 Å². The van der Waals surface area contributed by atoms with Crippen LogP contribution < -0.4 is 15.1 Å². The summed E-state index contributed by atoms with van der Waals surface area (Å²) in [6.45, 7) is 0.151. The van der Waals surface area contributed by atoms with Crippen molar-refractivity contribution >= 4 is 21.7 Å². The van der Waals surface area contributed by atoms with Crippen LogP contribution in [0.5, 0.6) is 11.5 Å². The average molecular weight is 555 g/mol. The monoisotopic (exact) mass is 554 g/mol. The quantitative estimate of drug-likeness (QED) is 0.0789. The fourth-order valence-electron chi connectivity index (χ4n) is 4.12. The van der Waals surface area contributed by atoms with Gasteiger partial charge in [0.15, 0.2) is 0 Å². The van der Waals surface area contributed by atoms with Gasteiger partial charge in [0.25, 0.3) is 12.6 Å². The topological polar surface area (TPSA) is 229 Å². The predicted molar refractivity (Wildman–Crippen MR) is 130 cm³/mol. The van der Waals surface area contributed by atoms with Gasteiger partial charge in [0.1, 0.15) is 29.3 Å². The molecule has 6 atom stereocenters. The number of hydrogen-bond acceptors (Lipinski definition) is 14. The highest BCUT2D eigenvalue weighted by Gasteiger charge is 2.48. The van der Waals surface area contributed by atoms with Gasteiger partial charge in [0, 0.05) is 23.3 Å². The van der Waals surface area contributed by atoms with Crippen molar-refractivity contribution in [2.45, 2.75) is 62.4 Å². The summed E-state index contributed by atoms with van der Waals surface area (Å²) in [5.74, 6) is -2.51. The Kier molecular flexibility index (Phi) is 8.72. The fraction of sp³-hybridized carbons (Fsp3) is 0.480. The van der Waals surface area contributed by atoms with Crippen LogP contribution in [0.1, 0.15) is 13.3 Å². The van der Waals surface area contributed by atoms with Gasteiger partial charge in [-0.1, -0.05) is 0 Å². The normalized spacial score (nSPS) is 23.6. The molecule has 0 bridgehead atoms. The Morgan fingerprint density at radius 2 is 1.72 bits per heavy atom. The number of fused-ring (bicyclic) bond motifs is 3. The summed E-state index contributed by atoms with van der Waals surface area (Å²) < 4.78 is 26.9. The zero-order valence-corrected chi connectivity index (χ0v) is 20.7. The molecule has 214 valence electrons. The molecule has 1 aliphatic rings. The minimum absolute atomic E-state index is 0.00629. The summed E-state index contributed by atoms with van der Waals surface area (Å²) in [5.41, 5.74) is -0.695. The maximum absolute atomic E-state index is 12.8. The van der Waals surface area contributed by atoms with Crippen molar-refractivity contribution in [3.05, 3.63) is 46.8 Å². The highest BCUT2D eigenvalue weighted by molar-refractivity contribution is 6.04. The Bertz CT molecular complexity index is 1340. The van der Waals surface area contributed by atoms with Gasteiger partial charge >= 0.3 is 5.63 Å². The van der Waals surface area contributed by atoms with E-state index in [2.05, 4.69) is 0 Å². The third kappa shape index (κ3) is 6.31. The number of aliphatic hydroxyl groups is 8. The van der Waals surface area contributed by atoms with Crippen LogP contribution in [-0.2, 0) is 9.47 Å². The molecular weight excluding hydrogens is 524 g/mol. The minimum atomic E-state index is -2.56. The molecule has 4 rings (SSSR count). The van der Waals surface area contributed by atoms with Crippen LogP contribution in [0, 0.1) is 0 Å². The lowest BCUT2D eigenvalue weighted by atomic mass is 10.00. The van der Waals surface area contributed by atoms with E-state index >= 15 is 0 Å². The van der Waals surface area contributed by atoms with Gasteiger partial charge in [-0.3, -0.25) is 0 Å². The Labute approximate surface area is 220 Å². The molecule has 1 aromatic heterocycles. The third-order valence-electron chi connectivity index (χ3n) is 6.22. The molecule has 1 fully saturated rings. The number of aliphatic hydroxyl groups excluding tert-OH is 5. The SMILES string of the molecule is CC(O)C(CO)OC(Oc1ccc2c(c1)c(=O)oc1cc(OC3OC(CO)C(O)CC3(O)O)ccc12)C(O)O. The van der Waals surface area contributed by atoms with Gasteiger partial charge in [-0.2, -0.15) is 0 Å². The molecule has 6 unspecified atom stereocenters. The third-order valence-corrected chi connectivity index (χ3v) is 6.22. The smallest absolute Gasteiger partial charge is 0.344 e. The lowest BCUT2D eigenvalue weighted by molar-refractivity contribution is -0.352. The van der Waals surface area contributed by atoms with Crippen molar-refractivity contribution in [1.82, 2.24) is 0 Å². The van der Waals surface area contributed by atoms with Gasteiger partial charge in [-0.25, -0.2) is 4.79 Å². The summed E-state index contributed by atoms with van der Waals surface area (Å²) in [7, 11) is 0. The second-order valence-corrected chi connectivity index (χ2v) is 9.21. The second kappa shape index (κ2) is 11.7. The maximum Gasteiger partial charge on any atom is 0.344 e. The molecule has 0 amide bonds. The Hall–Kier alpha value is -2.89. The molecule has 14 nitrogen and oxygen atoms in total. The summed E-state index contributed by atoms with van der Waals surface area (Å²) >= 11 is 0. The van der Waals surface area contributed by atoms with Crippen LogP contribution in [0.15, 0.2) is 45.6 Å². The number of rotatable bonds is 10. The van der Waals surface area contributed by atoms with E-state index in [4.69, 9.17) is 23.4 Å². The molecular formula is C25H30O14. The van der Waals surface area contributed by atoms with Gasteiger partial charge in [-0.15, -0.1) is 0 Å². The highest BCUT2D eigenvalue weighted by Crippen LogP contribution is 2.33. The lowest BCUT2D eigenvalue weighted by Crippen LogP contribution is -2.59. The highest BCUT2D eigenvalue weighted by atomic mass is 16.7. The molecule has 0 saturated carbocycles. The zero-order chi connectivity index (χ0) is 28.5. The lowest BCUT2D eigenvalue weighted by Gasteiger charge is -2.40. The summed E-state index contributed by atoms with van der Waals surface area (Å²) in [4.78, 5) is 12.8. The Balaban J connectivity index is 1.60. The summed E-state index contributed by atoms with van der Waals surface area (Å²) in [6.07, 6.45) is -10.7. The van der Waals surface area contributed by atoms with Crippen LogP contribution in [0.25, 0.3) is 21.7 Å². The van der Waals surface area contributed by atoms with Gasteiger partial charge < -0.3 is 64.2 Å². The maximum atomic E-state index is 12.8. The first-order valence-corrected chi connectivity index (χ1v) is 12.0. The van der Waals surface area contributed by atoms with Gasteiger partial charge in [-0.05, 0) is 37.3 Å². The van der Waals surface area contributed by atoms with E-state index in [-0.39, 0.29) is 22.5 Å².